The van der Waals surface area contributed by atoms with Crippen LogP contribution in [0.4, 0.5) is 5.82 Å². The van der Waals surface area contributed by atoms with Gasteiger partial charge in [0, 0.05) is 18.0 Å². The van der Waals surface area contributed by atoms with Crippen molar-refractivity contribution in [3.8, 4) is 12.0 Å². The van der Waals surface area contributed by atoms with Crippen LogP contribution in [-0.2, 0) is 29.1 Å². The molecule has 3 aromatic heterocycles. The highest BCUT2D eigenvalue weighted by Crippen LogP contribution is 2.26. The van der Waals surface area contributed by atoms with E-state index in [4.69, 9.17) is 15.2 Å². The first kappa shape index (κ1) is 20.1. The fourth-order valence-electron chi connectivity index (χ4n) is 3.09. The summed E-state index contributed by atoms with van der Waals surface area (Å²) in [5, 5.41) is 10.4. The molecule has 31 heavy (non-hydrogen) atoms. The van der Waals surface area contributed by atoms with Gasteiger partial charge in [-0.15, -0.1) is 0 Å². The Morgan fingerprint density at radius 1 is 1.13 bits per heavy atom. The second-order valence-electron chi connectivity index (χ2n) is 6.78. The molecule has 4 aromatic rings. The lowest BCUT2D eigenvalue weighted by Crippen LogP contribution is -2.07. The third kappa shape index (κ3) is 4.53. The number of nitrogens with two attached hydrogens (primary N) is 1. The summed E-state index contributed by atoms with van der Waals surface area (Å²) in [5.74, 6) is -0.233. The molecule has 0 aliphatic rings. The zero-order chi connectivity index (χ0) is 21.8. The predicted molar refractivity (Wildman–Crippen MR) is 111 cm³/mol. The van der Waals surface area contributed by atoms with Gasteiger partial charge in [0.15, 0.2) is 17.0 Å². The van der Waals surface area contributed by atoms with Gasteiger partial charge in [0.05, 0.1) is 20.1 Å². The van der Waals surface area contributed by atoms with Crippen LogP contribution in [-0.4, -0.2) is 42.7 Å². The number of imidazole rings is 1. The van der Waals surface area contributed by atoms with Crippen LogP contribution in [0.3, 0.4) is 0 Å². The Kier molecular flexibility index (Phi) is 5.61. The summed E-state index contributed by atoms with van der Waals surface area (Å²) in [7, 11) is 1.35. The maximum absolute atomic E-state index is 11.6. The molecule has 3 N–H and O–H groups in total. The standard InChI is InChI=1S/C21H20N6O4/c1-30-16(28)9-13-4-2-5-14(8-13)11-27-19-17(24-21(27)29)18(22)25-20(26-19)31-12-15-6-3-7-23-10-15/h2-8,10H,9,11-12H2,1H3,(H,24,29)(H2,22,25,26). The Morgan fingerprint density at radius 3 is 2.71 bits per heavy atom. The fraction of sp³-hybridized carbons (Fsp3) is 0.190. The summed E-state index contributed by atoms with van der Waals surface area (Å²) in [4.78, 5) is 28.2. The van der Waals surface area contributed by atoms with Gasteiger partial charge in [-0.05, 0) is 17.2 Å². The van der Waals surface area contributed by atoms with Gasteiger partial charge in [-0.25, -0.2) is 0 Å². The summed E-state index contributed by atoms with van der Waals surface area (Å²) in [6.45, 7) is 0.477. The van der Waals surface area contributed by atoms with Crippen LogP contribution >= 0.6 is 0 Å². The van der Waals surface area contributed by atoms with Gasteiger partial charge in [-0.3, -0.25) is 14.3 Å². The second kappa shape index (κ2) is 8.66. The van der Waals surface area contributed by atoms with Crippen LogP contribution in [0.15, 0.2) is 48.8 Å². The maximum Gasteiger partial charge on any atom is 0.320 e. The smallest absolute Gasteiger partial charge is 0.320 e. The molecular weight excluding hydrogens is 400 g/mol. The Morgan fingerprint density at radius 2 is 1.94 bits per heavy atom. The quantitative estimate of drug-likeness (QED) is 0.429. The Bertz CT molecular complexity index is 1230. The number of methoxy groups -OCH3 is 1. The average Bonchev–Trinajstić information content (AvgIpc) is 3.09. The molecule has 3 heterocycles. The molecule has 0 spiro atoms. The van der Waals surface area contributed by atoms with Crippen molar-refractivity contribution in [2.45, 2.75) is 19.6 Å². The number of carbonyl (C=O) groups is 1. The van der Waals surface area contributed by atoms with E-state index in [1.807, 2.05) is 30.3 Å². The highest BCUT2D eigenvalue weighted by Gasteiger charge is 2.17. The molecule has 0 amide bonds. The molecule has 0 saturated heterocycles. The van der Waals surface area contributed by atoms with Crippen LogP contribution in [0.1, 0.15) is 16.7 Å². The van der Waals surface area contributed by atoms with E-state index in [1.165, 1.54) is 11.7 Å². The maximum atomic E-state index is 11.6. The topological polar surface area (TPSA) is 138 Å². The van der Waals surface area contributed by atoms with Crippen molar-refractivity contribution in [1.82, 2.24) is 24.5 Å². The summed E-state index contributed by atoms with van der Waals surface area (Å²) >= 11 is 0. The minimum atomic E-state index is -0.330. The molecule has 4 rings (SSSR count). The monoisotopic (exact) mass is 420 g/mol. The van der Waals surface area contributed by atoms with Crippen molar-refractivity contribution in [3.63, 3.8) is 0 Å². The number of rotatable bonds is 7. The van der Waals surface area contributed by atoms with Gasteiger partial charge in [0.25, 0.3) is 6.01 Å². The van der Waals surface area contributed by atoms with E-state index < -0.39 is 0 Å². The third-order valence-electron chi connectivity index (χ3n) is 4.58. The SMILES string of the molecule is COC(=O)Cc1cccc(Cn2c(O)nc3c(N)nc(OCc4cccnc4)nc32)c1. The number of nitrogen functional groups attached to an aromatic ring is 1. The Labute approximate surface area is 177 Å². The summed E-state index contributed by atoms with van der Waals surface area (Å²) in [5.41, 5.74) is 9.11. The lowest BCUT2D eigenvalue weighted by atomic mass is 10.1. The first-order valence-electron chi connectivity index (χ1n) is 9.42. The molecule has 0 radical (unpaired) electrons. The van der Waals surface area contributed by atoms with Crippen LogP contribution in [0, 0.1) is 0 Å². The number of carbonyl (C=O) groups excluding carboxylic acids is 1. The van der Waals surface area contributed by atoms with Gasteiger partial charge in [-0.2, -0.15) is 15.0 Å². The van der Waals surface area contributed by atoms with Gasteiger partial charge in [0.1, 0.15) is 6.61 Å². The molecule has 0 fully saturated rings. The van der Waals surface area contributed by atoms with Crippen LogP contribution in [0.25, 0.3) is 11.2 Å². The lowest BCUT2D eigenvalue weighted by Gasteiger charge is -2.09. The third-order valence-corrected chi connectivity index (χ3v) is 4.58. The highest BCUT2D eigenvalue weighted by molar-refractivity contribution is 5.83. The molecule has 0 aliphatic heterocycles. The van der Waals surface area contributed by atoms with Crippen molar-refractivity contribution >= 4 is 23.0 Å². The molecule has 0 saturated carbocycles. The zero-order valence-corrected chi connectivity index (χ0v) is 16.7. The first-order valence-corrected chi connectivity index (χ1v) is 9.42. The molecule has 158 valence electrons. The van der Waals surface area contributed by atoms with E-state index in [1.54, 1.807) is 18.5 Å². The Balaban J connectivity index is 1.62. The number of anilines is 1. The number of hydrogen-bond acceptors (Lipinski definition) is 9. The average molecular weight is 420 g/mol. The van der Waals surface area contributed by atoms with Gasteiger partial charge in [-0.1, -0.05) is 30.3 Å². The minimum Gasteiger partial charge on any atom is -0.480 e. The number of aromatic hydroxyl groups is 1. The first-order chi connectivity index (χ1) is 15.0. The fourth-order valence-corrected chi connectivity index (χ4v) is 3.09. The number of pyridine rings is 1. The van der Waals surface area contributed by atoms with Gasteiger partial charge >= 0.3 is 12.0 Å². The number of esters is 1. The number of fused-ring (bicyclic) bond motifs is 1. The normalized spacial score (nSPS) is 10.9. The summed E-state index contributed by atoms with van der Waals surface area (Å²) in [6.07, 6.45) is 3.51. The number of ether oxygens (including phenoxy) is 2. The summed E-state index contributed by atoms with van der Waals surface area (Å²) in [6, 6.07) is 10.9. The van der Waals surface area contributed by atoms with Crippen molar-refractivity contribution in [1.29, 1.82) is 0 Å². The van der Waals surface area contributed by atoms with Crippen molar-refractivity contribution in [2.75, 3.05) is 12.8 Å². The van der Waals surface area contributed by atoms with Gasteiger partial charge in [0.2, 0.25) is 0 Å². The lowest BCUT2D eigenvalue weighted by molar-refractivity contribution is -0.139. The van der Waals surface area contributed by atoms with E-state index in [9.17, 15) is 9.90 Å². The molecule has 0 atom stereocenters. The van der Waals surface area contributed by atoms with Crippen molar-refractivity contribution in [2.24, 2.45) is 0 Å². The number of hydrogen-bond donors (Lipinski definition) is 2. The van der Waals surface area contributed by atoms with E-state index in [2.05, 4.69) is 19.9 Å². The molecule has 0 aliphatic carbocycles. The van der Waals surface area contributed by atoms with E-state index in [0.717, 1.165) is 16.7 Å². The highest BCUT2D eigenvalue weighted by atomic mass is 16.5. The molecule has 1 aromatic carbocycles. The van der Waals surface area contributed by atoms with Gasteiger partial charge < -0.3 is 20.3 Å². The summed E-state index contributed by atoms with van der Waals surface area (Å²) < 4.78 is 11.9. The number of benzene rings is 1. The minimum absolute atomic E-state index is 0.0643. The van der Waals surface area contributed by atoms with Crippen LogP contribution < -0.4 is 10.5 Å². The molecule has 0 bridgehead atoms. The largest absolute Gasteiger partial charge is 0.480 e. The second-order valence-corrected chi connectivity index (χ2v) is 6.78. The zero-order valence-electron chi connectivity index (χ0n) is 16.7. The van der Waals surface area contributed by atoms with Crippen molar-refractivity contribution in [3.05, 3.63) is 65.5 Å². The number of aromatic nitrogens is 5. The van der Waals surface area contributed by atoms with E-state index in [0.29, 0.717) is 5.65 Å². The number of nitrogens with zero attached hydrogens (tertiary/aromatic N) is 5. The molecule has 0 unspecified atom stereocenters. The predicted octanol–water partition coefficient (Wildman–Crippen LogP) is 1.85. The molecular formula is C21H20N6O4. The van der Waals surface area contributed by atoms with E-state index >= 15 is 0 Å². The molecule has 10 nitrogen and oxygen atoms in total. The van der Waals surface area contributed by atoms with Crippen molar-refractivity contribution < 1.29 is 19.4 Å². The Hall–Kier alpha value is -4.21. The van der Waals surface area contributed by atoms with Crippen LogP contribution in [0.2, 0.25) is 0 Å². The molecule has 10 heteroatoms. The van der Waals surface area contributed by atoms with Crippen LogP contribution in [0.5, 0.6) is 12.0 Å². The van der Waals surface area contributed by atoms with E-state index in [-0.39, 0.29) is 48.9 Å².